The summed E-state index contributed by atoms with van der Waals surface area (Å²) in [4.78, 5) is 14.2. The third-order valence-electron chi connectivity index (χ3n) is 4.60. The van der Waals surface area contributed by atoms with E-state index in [1.54, 1.807) is 11.0 Å². The average Bonchev–Trinajstić information content (AvgIpc) is 2.74. The van der Waals surface area contributed by atoms with E-state index in [2.05, 4.69) is 5.32 Å². The molecule has 3 rings (SSSR count). The highest BCUT2D eigenvalue weighted by Gasteiger charge is 2.40. The molecule has 0 bridgehead atoms. The van der Waals surface area contributed by atoms with Gasteiger partial charge in [0.15, 0.2) is 11.6 Å². The van der Waals surface area contributed by atoms with Crippen LogP contribution in [0.2, 0.25) is 0 Å². The molecule has 2 unspecified atom stereocenters. The van der Waals surface area contributed by atoms with Crippen molar-refractivity contribution in [2.24, 2.45) is 5.92 Å². The number of nitrogens with one attached hydrogen (secondary N) is 1. The van der Waals surface area contributed by atoms with E-state index >= 15 is 0 Å². The lowest BCUT2D eigenvalue weighted by molar-refractivity contribution is -0.131. The molecule has 3 nitrogen and oxygen atoms in total. The standard InChI is InChI=1S/C16H20F2N2O/c1-2-14-16(21)20(9-10-4-3-5-10)15(19-14)11-6-7-12(17)13(18)8-11/h6-8,10,14-15,19H,2-5,9H2,1H3. The SMILES string of the molecule is CCC1NC(c2ccc(F)c(F)c2)N(CC2CCC2)C1=O. The van der Waals surface area contributed by atoms with Crippen molar-refractivity contribution in [1.82, 2.24) is 10.2 Å². The van der Waals surface area contributed by atoms with E-state index in [1.807, 2.05) is 6.92 Å². The summed E-state index contributed by atoms with van der Waals surface area (Å²) in [5.74, 6) is -1.12. The van der Waals surface area contributed by atoms with Gasteiger partial charge in [0.25, 0.3) is 0 Å². The summed E-state index contributed by atoms with van der Waals surface area (Å²) < 4.78 is 26.6. The van der Waals surface area contributed by atoms with Crippen LogP contribution in [0.3, 0.4) is 0 Å². The van der Waals surface area contributed by atoms with E-state index in [4.69, 9.17) is 0 Å². The molecule has 5 heteroatoms. The predicted octanol–water partition coefficient (Wildman–Crippen LogP) is 2.97. The molecule has 0 spiro atoms. The van der Waals surface area contributed by atoms with Crippen molar-refractivity contribution in [2.75, 3.05) is 6.54 Å². The fourth-order valence-corrected chi connectivity index (χ4v) is 3.08. The lowest BCUT2D eigenvalue weighted by Gasteiger charge is -2.33. The van der Waals surface area contributed by atoms with Gasteiger partial charge < -0.3 is 4.90 Å². The fraction of sp³-hybridized carbons (Fsp3) is 0.562. The van der Waals surface area contributed by atoms with Crippen LogP contribution in [0.1, 0.15) is 44.3 Å². The Morgan fingerprint density at radius 2 is 2.05 bits per heavy atom. The zero-order chi connectivity index (χ0) is 15.0. The van der Waals surface area contributed by atoms with Crippen LogP contribution in [-0.4, -0.2) is 23.4 Å². The average molecular weight is 294 g/mol. The van der Waals surface area contributed by atoms with Gasteiger partial charge in [0.1, 0.15) is 6.17 Å². The van der Waals surface area contributed by atoms with Crippen LogP contribution < -0.4 is 5.32 Å². The summed E-state index contributed by atoms with van der Waals surface area (Å²) in [7, 11) is 0. The van der Waals surface area contributed by atoms with Crippen molar-refractivity contribution in [3.8, 4) is 0 Å². The van der Waals surface area contributed by atoms with Gasteiger partial charge in [-0.05, 0) is 42.9 Å². The number of benzene rings is 1. The molecule has 1 aliphatic carbocycles. The van der Waals surface area contributed by atoms with Gasteiger partial charge in [-0.25, -0.2) is 8.78 Å². The number of hydrogen-bond donors (Lipinski definition) is 1. The molecule has 1 aromatic carbocycles. The van der Waals surface area contributed by atoms with Crippen molar-refractivity contribution < 1.29 is 13.6 Å². The molecule has 21 heavy (non-hydrogen) atoms. The normalized spacial score (nSPS) is 26.2. The van der Waals surface area contributed by atoms with Gasteiger partial charge in [0, 0.05) is 6.54 Å². The molecule has 1 saturated carbocycles. The van der Waals surface area contributed by atoms with Gasteiger partial charge >= 0.3 is 0 Å². The summed E-state index contributed by atoms with van der Waals surface area (Å²) in [6.45, 7) is 2.65. The van der Waals surface area contributed by atoms with Gasteiger partial charge in [-0.2, -0.15) is 0 Å². The van der Waals surface area contributed by atoms with Gasteiger partial charge in [0.2, 0.25) is 5.91 Å². The van der Waals surface area contributed by atoms with Crippen molar-refractivity contribution in [3.05, 3.63) is 35.4 Å². The van der Waals surface area contributed by atoms with Crippen molar-refractivity contribution in [3.63, 3.8) is 0 Å². The highest BCUT2D eigenvalue weighted by atomic mass is 19.2. The molecule has 1 amide bonds. The first-order valence-electron chi connectivity index (χ1n) is 7.61. The Balaban J connectivity index is 1.85. The maximum atomic E-state index is 13.5. The van der Waals surface area contributed by atoms with Crippen LogP contribution in [-0.2, 0) is 4.79 Å². The molecule has 2 aliphatic rings. The van der Waals surface area contributed by atoms with E-state index in [0.29, 0.717) is 24.4 Å². The quantitative estimate of drug-likeness (QED) is 0.926. The minimum absolute atomic E-state index is 0.0686. The van der Waals surface area contributed by atoms with Crippen molar-refractivity contribution in [1.29, 1.82) is 0 Å². The van der Waals surface area contributed by atoms with Crippen LogP contribution in [0.25, 0.3) is 0 Å². The van der Waals surface area contributed by atoms with Crippen molar-refractivity contribution in [2.45, 2.75) is 44.8 Å². The first-order valence-corrected chi connectivity index (χ1v) is 7.61. The fourth-order valence-electron chi connectivity index (χ4n) is 3.08. The van der Waals surface area contributed by atoms with Crippen LogP contribution in [0.15, 0.2) is 18.2 Å². The second-order valence-corrected chi connectivity index (χ2v) is 5.99. The lowest BCUT2D eigenvalue weighted by atomic mass is 9.85. The smallest absolute Gasteiger partial charge is 0.241 e. The second kappa shape index (κ2) is 5.72. The number of halogens is 2. The molecular weight excluding hydrogens is 274 g/mol. The Morgan fingerprint density at radius 1 is 1.29 bits per heavy atom. The van der Waals surface area contributed by atoms with Crippen LogP contribution in [0, 0.1) is 17.6 Å². The number of carbonyl (C=O) groups excluding carboxylic acids is 1. The summed E-state index contributed by atoms with van der Waals surface area (Å²) in [6.07, 6.45) is 3.85. The third-order valence-corrected chi connectivity index (χ3v) is 4.60. The monoisotopic (exact) mass is 294 g/mol. The Kier molecular flexibility index (Phi) is 3.93. The Bertz CT molecular complexity index is 545. The van der Waals surface area contributed by atoms with Gasteiger partial charge in [-0.1, -0.05) is 19.4 Å². The largest absolute Gasteiger partial charge is 0.321 e. The third kappa shape index (κ3) is 2.67. The molecule has 2 fully saturated rings. The van der Waals surface area contributed by atoms with Crippen molar-refractivity contribution >= 4 is 5.91 Å². The summed E-state index contributed by atoms with van der Waals surface area (Å²) in [5, 5.41) is 3.24. The zero-order valence-electron chi connectivity index (χ0n) is 12.1. The number of amides is 1. The lowest BCUT2D eigenvalue weighted by Crippen LogP contribution is -2.37. The highest BCUT2D eigenvalue weighted by molar-refractivity contribution is 5.84. The number of rotatable bonds is 4. The first-order chi connectivity index (χ1) is 10.1. The Morgan fingerprint density at radius 3 is 2.62 bits per heavy atom. The maximum Gasteiger partial charge on any atom is 0.241 e. The predicted molar refractivity (Wildman–Crippen MR) is 75.4 cm³/mol. The minimum atomic E-state index is -0.870. The molecule has 0 radical (unpaired) electrons. The molecule has 0 aromatic heterocycles. The molecule has 1 aromatic rings. The van der Waals surface area contributed by atoms with Crippen LogP contribution >= 0.6 is 0 Å². The topological polar surface area (TPSA) is 32.3 Å². The van der Waals surface area contributed by atoms with E-state index in [1.165, 1.54) is 12.5 Å². The zero-order valence-corrected chi connectivity index (χ0v) is 12.1. The maximum absolute atomic E-state index is 13.5. The molecule has 1 heterocycles. The summed E-state index contributed by atoms with van der Waals surface area (Å²) >= 11 is 0. The van der Waals surface area contributed by atoms with Crippen LogP contribution in [0.5, 0.6) is 0 Å². The summed E-state index contributed by atoms with van der Waals surface area (Å²) in [5.41, 5.74) is 0.609. The molecule has 2 atom stereocenters. The number of nitrogens with zero attached hydrogens (tertiary/aromatic N) is 1. The van der Waals surface area contributed by atoms with Gasteiger partial charge in [-0.3, -0.25) is 10.1 Å². The van der Waals surface area contributed by atoms with E-state index in [9.17, 15) is 13.6 Å². The van der Waals surface area contributed by atoms with E-state index in [-0.39, 0.29) is 18.1 Å². The van der Waals surface area contributed by atoms with Gasteiger partial charge in [0.05, 0.1) is 6.04 Å². The molecule has 1 N–H and O–H groups in total. The van der Waals surface area contributed by atoms with E-state index < -0.39 is 11.6 Å². The van der Waals surface area contributed by atoms with Crippen LogP contribution in [0.4, 0.5) is 8.78 Å². The second-order valence-electron chi connectivity index (χ2n) is 5.99. The van der Waals surface area contributed by atoms with E-state index in [0.717, 1.165) is 18.9 Å². The number of hydrogen-bond acceptors (Lipinski definition) is 2. The molecule has 1 saturated heterocycles. The minimum Gasteiger partial charge on any atom is -0.321 e. The highest BCUT2D eigenvalue weighted by Crippen LogP contribution is 2.33. The Labute approximate surface area is 123 Å². The first kappa shape index (κ1) is 14.4. The molecule has 114 valence electrons. The Hall–Kier alpha value is -1.49. The number of carbonyl (C=O) groups is 1. The summed E-state index contributed by atoms with van der Waals surface area (Å²) in [6, 6.07) is 3.63. The molecule has 1 aliphatic heterocycles. The molecular formula is C16H20F2N2O. The van der Waals surface area contributed by atoms with Gasteiger partial charge in [-0.15, -0.1) is 0 Å².